The summed E-state index contributed by atoms with van der Waals surface area (Å²) in [7, 11) is 0. The van der Waals surface area contributed by atoms with Crippen molar-refractivity contribution in [2.75, 3.05) is 26.3 Å². The Labute approximate surface area is 173 Å². The zero-order valence-corrected chi connectivity index (χ0v) is 17.1. The molecule has 2 heterocycles. The number of nitrogens with one attached hydrogen (secondary N) is 1. The Morgan fingerprint density at radius 1 is 1.14 bits per heavy atom. The molecule has 2 aromatic carbocycles. The summed E-state index contributed by atoms with van der Waals surface area (Å²) in [5.74, 6) is 1.72. The first kappa shape index (κ1) is 19.8. The predicted molar refractivity (Wildman–Crippen MR) is 113 cm³/mol. The van der Waals surface area contributed by atoms with Crippen LogP contribution in [0.2, 0.25) is 0 Å². The van der Waals surface area contributed by atoms with Crippen LogP contribution in [-0.2, 0) is 4.79 Å². The van der Waals surface area contributed by atoms with Gasteiger partial charge in [0.2, 0.25) is 5.91 Å². The molecule has 0 spiro atoms. The molecule has 0 saturated carbocycles. The molecule has 154 valence electrons. The number of nitrogens with zero attached hydrogens (tertiary/aromatic N) is 1. The van der Waals surface area contributed by atoms with E-state index in [0.29, 0.717) is 19.8 Å². The highest BCUT2D eigenvalue weighted by atomic mass is 16.6. The molecule has 5 nitrogen and oxygen atoms in total. The van der Waals surface area contributed by atoms with E-state index in [0.717, 1.165) is 43.7 Å². The van der Waals surface area contributed by atoms with Gasteiger partial charge in [-0.2, -0.15) is 0 Å². The van der Waals surface area contributed by atoms with Crippen LogP contribution in [0.1, 0.15) is 55.8 Å². The van der Waals surface area contributed by atoms with Crippen molar-refractivity contribution in [1.29, 1.82) is 0 Å². The lowest BCUT2D eigenvalue weighted by atomic mass is 10.0. The van der Waals surface area contributed by atoms with E-state index in [1.807, 2.05) is 24.3 Å². The van der Waals surface area contributed by atoms with Crippen molar-refractivity contribution in [3.05, 3.63) is 59.7 Å². The third-order valence-electron chi connectivity index (χ3n) is 5.78. The van der Waals surface area contributed by atoms with Crippen molar-refractivity contribution in [1.82, 2.24) is 10.2 Å². The molecule has 0 radical (unpaired) electrons. The Kier molecular flexibility index (Phi) is 6.35. The van der Waals surface area contributed by atoms with Gasteiger partial charge in [-0.15, -0.1) is 0 Å². The van der Waals surface area contributed by atoms with E-state index in [1.165, 1.54) is 11.1 Å². The first-order chi connectivity index (χ1) is 14.2. The summed E-state index contributed by atoms with van der Waals surface area (Å²) in [5.41, 5.74) is 2.38. The molecule has 2 aromatic rings. The second-order valence-electron chi connectivity index (χ2n) is 7.85. The van der Waals surface area contributed by atoms with Crippen molar-refractivity contribution in [3.63, 3.8) is 0 Å². The lowest BCUT2D eigenvalue weighted by molar-refractivity contribution is -0.123. The highest BCUT2D eigenvalue weighted by Crippen LogP contribution is 2.37. The topological polar surface area (TPSA) is 50.8 Å². The van der Waals surface area contributed by atoms with Crippen LogP contribution in [0.4, 0.5) is 0 Å². The van der Waals surface area contributed by atoms with Crippen molar-refractivity contribution >= 4 is 5.91 Å². The van der Waals surface area contributed by atoms with Crippen molar-refractivity contribution in [2.45, 2.75) is 44.7 Å². The highest BCUT2D eigenvalue weighted by Gasteiger charge is 2.29. The number of carbonyl (C=O) groups is 1. The fraction of sp³-hybridized carbons (Fsp3) is 0.458. The van der Waals surface area contributed by atoms with Gasteiger partial charge in [-0.05, 0) is 49.1 Å². The monoisotopic (exact) mass is 394 g/mol. The van der Waals surface area contributed by atoms with E-state index in [4.69, 9.17) is 9.47 Å². The normalized spacial score (nSPS) is 19.7. The predicted octanol–water partition coefficient (Wildman–Crippen LogP) is 4.25. The summed E-state index contributed by atoms with van der Waals surface area (Å²) in [6.07, 6.45) is 4.14. The minimum absolute atomic E-state index is 0.0732. The fourth-order valence-electron chi connectivity index (χ4n) is 4.38. The lowest BCUT2D eigenvalue weighted by Crippen LogP contribution is -2.38. The first-order valence-electron chi connectivity index (χ1n) is 10.7. The standard InChI is InChI=1S/C24H30N2O3/c1-2-7-20(18-8-4-3-5-9-18)25-24(27)17-26-13-6-10-21(26)19-11-12-22-23(16-19)29-15-14-28-22/h3-5,8-9,11-12,16,20-21H,2,6-7,10,13-15,17H2,1H3,(H,25,27)/t20-,21-/m1/s1. The molecule has 2 aliphatic rings. The molecule has 1 amide bonds. The summed E-state index contributed by atoms with van der Waals surface area (Å²) in [6.45, 7) is 4.71. The molecule has 2 aliphatic heterocycles. The van der Waals surface area contributed by atoms with Gasteiger partial charge in [0.05, 0.1) is 12.6 Å². The molecule has 1 fully saturated rings. The molecule has 5 heteroatoms. The summed E-state index contributed by atoms with van der Waals surface area (Å²) < 4.78 is 11.4. The van der Waals surface area contributed by atoms with E-state index in [1.54, 1.807) is 0 Å². The van der Waals surface area contributed by atoms with Crippen LogP contribution >= 0.6 is 0 Å². The number of fused-ring (bicyclic) bond motifs is 1. The van der Waals surface area contributed by atoms with E-state index in [-0.39, 0.29) is 18.0 Å². The minimum atomic E-state index is 0.0732. The molecule has 0 aliphatic carbocycles. The molecule has 29 heavy (non-hydrogen) atoms. The summed E-state index contributed by atoms with van der Waals surface area (Å²) in [6, 6.07) is 16.8. The van der Waals surface area contributed by atoms with Gasteiger partial charge in [-0.25, -0.2) is 0 Å². The largest absolute Gasteiger partial charge is 0.486 e. The summed E-state index contributed by atoms with van der Waals surface area (Å²) in [4.78, 5) is 15.2. The van der Waals surface area contributed by atoms with Crippen molar-refractivity contribution in [3.8, 4) is 11.5 Å². The highest BCUT2D eigenvalue weighted by molar-refractivity contribution is 5.78. The number of ether oxygens (including phenoxy) is 2. The van der Waals surface area contributed by atoms with Gasteiger partial charge in [0, 0.05) is 6.04 Å². The average Bonchev–Trinajstić information content (AvgIpc) is 3.21. The number of amides is 1. The zero-order valence-electron chi connectivity index (χ0n) is 17.1. The van der Waals surface area contributed by atoms with Gasteiger partial charge >= 0.3 is 0 Å². The molecule has 0 bridgehead atoms. The van der Waals surface area contributed by atoms with Gasteiger partial charge in [0.15, 0.2) is 11.5 Å². The van der Waals surface area contributed by atoms with E-state index < -0.39 is 0 Å². The summed E-state index contributed by atoms with van der Waals surface area (Å²) >= 11 is 0. The van der Waals surface area contributed by atoms with Crippen LogP contribution in [0, 0.1) is 0 Å². The van der Waals surface area contributed by atoms with E-state index in [2.05, 4.69) is 41.4 Å². The first-order valence-corrected chi connectivity index (χ1v) is 10.7. The zero-order chi connectivity index (χ0) is 20.1. The summed E-state index contributed by atoms with van der Waals surface area (Å²) in [5, 5.41) is 3.26. The number of likely N-dealkylation sites (tertiary alicyclic amines) is 1. The van der Waals surface area contributed by atoms with E-state index >= 15 is 0 Å². The van der Waals surface area contributed by atoms with Crippen LogP contribution in [0.5, 0.6) is 11.5 Å². The van der Waals surface area contributed by atoms with Crippen molar-refractivity contribution in [2.24, 2.45) is 0 Å². The molecular weight excluding hydrogens is 364 g/mol. The second kappa shape index (κ2) is 9.31. The molecular formula is C24H30N2O3. The maximum Gasteiger partial charge on any atom is 0.234 e. The van der Waals surface area contributed by atoms with Crippen LogP contribution < -0.4 is 14.8 Å². The second-order valence-corrected chi connectivity index (χ2v) is 7.85. The smallest absolute Gasteiger partial charge is 0.234 e. The van der Waals surface area contributed by atoms with Gasteiger partial charge in [-0.3, -0.25) is 9.69 Å². The van der Waals surface area contributed by atoms with Gasteiger partial charge in [-0.1, -0.05) is 49.7 Å². The van der Waals surface area contributed by atoms with Crippen LogP contribution in [0.3, 0.4) is 0 Å². The Bertz CT molecular complexity index is 824. The molecule has 0 aromatic heterocycles. The molecule has 4 rings (SSSR count). The number of hydrogen-bond donors (Lipinski definition) is 1. The number of benzene rings is 2. The average molecular weight is 395 g/mol. The maximum atomic E-state index is 12.9. The Morgan fingerprint density at radius 3 is 2.72 bits per heavy atom. The van der Waals surface area contributed by atoms with Crippen LogP contribution in [0.15, 0.2) is 48.5 Å². The molecule has 1 N–H and O–H groups in total. The fourth-order valence-corrected chi connectivity index (χ4v) is 4.38. The van der Waals surface area contributed by atoms with Crippen molar-refractivity contribution < 1.29 is 14.3 Å². The lowest BCUT2D eigenvalue weighted by Gasteiger charge is -2.27. The Hall–Kier alpha value is -2.53. The SMILES string of the molecule is CCC[C@@H](NC(=O)CN1CCC[C@@H]1c1ccc2c(c1)OCCO2)c1ccccc1. The van der Waals surface area contributed by atoms with Gasteiger partial charge in [0.25, 0.3) is 0 Å². The molecule has 1 saturated heterocycles. The van der Waals surface area contributed by atoms with Crippen LogP contribution in [0.25, 0.3) is 0 Å². The number of carbonyl (C=O) groups excluding carboxylic acids is 1. The Morgan fingerprint density at radius 2 is 1.93 bits per heavy atom. The number of hydrogen-bond acceptors (Lipinski definition) is 4. The third-order valence-corrected chi connectivity index (χ3v) is 5.78. The molecule has 0 unspecified atom stereocenters. The minimum Gasteiger partial charge on any atom is -0.486 e. The van der Waals surface area contributed by atoms with Gasteiger partial charge in [0.1, 0.15) is 13.2 Å². The third kappa shape index (κ3) is 4.73. The number of rotatable bonds is 7. The molecule has 2 atom stereocenters. The van der Waals surface area contributed by atoms with Gasteiger partial charge < -0.3 is 14.8 Å². The Balaban J connectivity index is 1.42. The maximum absolute atomic E-state index is 12.9. The quantitative estimate of drug-likeness (QED) is 0.763. The van der Waals surface area contributed by atoms with E-state index in [9.17, 15) is 4.79 Å². The van der Waals surface area contributed by atoms with Crippen LogP contribution in [-0.4, -0.2) is 37.1 Å².